The Bertz CT molecular complexity index is 727. The van der Waals surface area contributed by atoms with E-state index in [9.17, 15) is 9.82 Å². The third-order valence-corrected chi connectivity index (χ3v) is 3.72. The number of fused-ring (bicyclic) bond motifs is 1. The van der Waals surface area contributed by atoms with Crippen LogP contribution in [0.15, 0.2) is 36.4 Å². The van der Waals surface area contributed by atoms with E-state index in [0.717, 1.165) is 5.56 Å². The summed E-state index contributed by atoms with van der Waals surface area (Å²) in [6, 6.07) is 10.4. The van der Waals surface area contributed by atoms with E-state index >= 15 is 0 Å². The molecule has 6 nitrogen and oxygen atoms in total. The fourth-order valence-electron chi connectivity index (χ4n) is 2.56. The van der Waals surface area contributed by atoms with Crippen LogP contribution in [0.2, 0.25) is 0 Å². The second kappa shape index (κ2) is 6.32. The summed E-state index contributed by atoms with van der Waals surface area (Å²) in [5, 5.41) is 12.5. The lowest BCUT2D eigenvalue weighted by Crippen LogP contribution is -2.28. The van der Waals surface area contributed by atoms with Gasteiger partial charge in [0.2, 0.25) is 0 Å². The lowest BCUT2D eigenvalue weighted by molar-refractivity contribution is 0.102. The van der Waals surface area contributed by atoms with Crippen molar-refractivity contribution < 1.29 is 23.9 Å². The number of methoxy groups -OCH3 is 2. The number of nitrogens with one attached hydrogen (secondary N) is 1. The van der Waals surface area contributed by atoms with Crippen LogP contribution in [0.5, 0.6) is 11.5 Å². The number of benzene rings is 2. The molecule has 118 valence electrons. The molecule has 1 aliphatic rings. The van der Waals surface area contributed by atoms with Gasteiger partial charge < -0.3 is 24.5 Å². The predicted molar refractivity (Wildman–Crippen MR) is 86.3 cm³/mol. The first-order chi connectivity index (χ1) is 11.1. The molecule has 1 amide bonds. The van der Waals surface area contributed by atoms with E-state index in [2.05, 4.69) is 5.32 Å². The summed E-state index contributed by atoms with van der Waals surface area (Å²) >= 11 is 0. The van der Waals surface area contributed by atoms with E-state index in [1.54, 1.807) is 30.3 Å². The van der Waals surface area contributed by atoms with Crippen molar-refractivity contribution in [3.8, 4) is 11.5 Å². The third-order valence-electron chi connectivity index (χ3n) is 3.72. The average molecular weight is 313 g/mol. The van der Waals surface area contributed by atoms with Crippen LogP contribution in [0.3, 0.4) is 0 Å². The highest BCUT2D eigenvalue weighted by Crippen LogP contribution is 2.29. The maximum absolute atomic E-state index is 12.6. The van der Waals surface area contributed by atoms with Crippen molar-refractivity contribution in [2.75, 3.05) is 19.5 Å². The Labute approximate surface area is 134 Å². The van der Waals surface area contributed by atoms with Crippen LogP contribution in [0, 0.1) is 0 Å². The highest BCUT2D eigenvalue weighted by Gasteiger charge is 2.27. The summed E-state index contributed by atoms with van der Waals surface area (Å²) < 4.78 is 15.6. The first kappa shape index (κ1) is 15.4. The quantitative estimate of drug-likeness (QED) is 0.829. The number of amides is 1. The van der Waals surface area contributed by atoms with E-state index in [-0.39, 0.29) is 5.91 Å². The first-order valence-corrected chi connectivity index (χ1v) is 7.09. The molecule has 0 atom stereocenters. The Morgan fingerprint density at radius 3 is 2.57 bits per heavy atom. The van der Waals surface area contributed by atoms with Crippen molar-refractivity contribution in [2.24, 2.45) is 0 Å². The molecule has 0 aliphatic carbocycles. The smallest absolute Gasteiger partial charge is 0.491 e. The minimum Gasteiger partial charge on any atom is -0.496 e. The van der Waals surface area contributed by atoms with E-state index in [1.807, 2.05) is 6.07 Å². The summed E-state index contributed by atoms with van der Waals surface area (Å²) in [5.41, 5.74) is 2.45. The van der Waals surface area contributed by atoms with E-state index in [1.165, 1.54) is 14.2 Å². The summed E-state index contributed by atoms with van der Waals surface area (Å²) in [5.74, 6) is 0.491. The Balaban J connectivity index is 1.90. The Morgan fingerprint density at radius 1 is 1.22 bits per heavy atom. The SMILES string of the molecule is COc1cccc(OC)c1C(=O)Nc1ccc2c(c1)B(O)OC2. The van der Waals surface area contributed by atoms with Crippen LogP contribution >= 0.6 is 0 Å². The van der Waals surface area contributed by atoms with Crippen LogP contribution in [0.1, 0.15) is 15.9 Å². The molecular weight excluding hydrogens is 297 g/mol. The topological polar surface area (TPSA) is 77.0 Å². The molecule has 0 spiro atoms. The molecule has 0 fully saturated rings. The van der Waals surface area contributed by atoms with Crippen molar-refractivity contribution in [3.05, 3.63) is 47.5 Å². The summed E-state index contributed by atoms with van der Waals surface area (Å²) in [4.78, 5) is 12.6. The normalized spacial score (nSPS) is 12.7. The standard InChI is InChI=1S/C16H16BNO5/c1-21-13-4-3-5-14(22-2)15(13)16(19)18-11-7-6-10-9-23-17(20)12(10)8-11/h3-8,20H,9H2,1-2H3,(H,18,19). The van der Waals surface area contributed by atoms with Gasteiger partial charge in [-0.1, -0.05) is 12.1 Å². The number of rotatable bonds is 4. The zero-order chi connectivity index (χ0) is 16.4. The summed E-state index contributed by atoms with van der Waals surface area (Å²) in [6.07, 6.45) is 0. The predicted octanol–water partition coefficient (Wildman–Crippen LogP) is 1.17. The Kier molecular flexibility index (Phi) is 4.23. The van der Waals surface area contributed by atoms with E-state index in [0.29, 0.717) is 34.8 Å². The van der Waals surface area contributed by atoms with E-state index < -0.39 is 7.12 Å². The highest BCUT2D eigenvalue weighted by atomic mass is 16.5. The van der Waals surface area contributed by atoms with Gasteiger partial charge in [0.25, 0.3) is 5.91 Å². The van der Waals surface area contributed by atoms with Crippen molar-refractivity contribution in [2.45, 2.75) is 6.61 Å². The van der Waals surface area contributed by atoms with Gasteiger partial charge >= 0.3 is 7.12 Å². The van der Waals surface area contributed by atoms with Crippen LogP contribution in [0.4, 0.5) is 5.69 Å². The van der Waals surface area contributed by atoms with Crippen LogP contribution in [-0.4, -0.2) is 32.3 Å². The van der Waals surface area contributed by atoms with Gasteiger partial charge in [0.1, 0.15) is 17.1 Å². The fraction of sp³-hybridized carbons (Fsp3) is 0.188. The fourth-order valence-corrected chi connectivity index (χ4v) is 2.56. The zero-order valence-electron chi connectivity index (χ0n) is 12.8. The van der Waals surface area contributed by atoms with Gasteiger partial charge in [0, 0.05) is 5.69 Å². The van der Waals surface area contributed by atoms with Gasteiger partial charge in [-0.25, -0.2) is 0 Å². The van der Waals surface area contributed by atoms with Crippen molar-refractivity contribution in [1.82, 2.24) is 0 Å². The van der Waals surface area contributed by atoms with Gasteiger partial charge in [-0.3, -0.25) is 4.79 Å². The van der Waals surface area contributed by atoms with Gasteiger partial charge in [-0.15, -0.1) is 0 Å². The molecule has 0 aromatic heterocycles. The Morgan fingerprint density at radius 2 is 1.91 bits per heavy atom. The van der Waals surface area contributed by atoms with Crippen LogP contribution in [-0.2, 0) is 11.3 Å². The van der Waals surface area contributed by atoms with Gasteiger partial charge in [-0.05, 0) is 35.3 Å². The minimum atomic E-state index is -0.956. The second-order valence-electron chi connectivity index (χ2n) is 5.07. The molecule has 1 heterocycles. The number of carbonyl (C=O) groups excluding carboxylic acids is 1. The van der Waals surface area contributed by atoms with Crippen molar-refractivity contribution >= 4 is 24.2 Å². The number of anilines is 1. The zero-order valence-corrected chi connectivity index (χ0v) is 12.8. The van der Waals surface area contributed by atoms with Crippen molar-refractivity contribution in [1.29, 1.82) is 0 Å². The number of hydrogen-bond acceptors (Lipinski definition) is 5. The molecule has 2 aromatic rings. The van der Waals surface area contributed by atoms with Crippen molar-refractivity contribution in [3.63, 3.8) is 0 Å². The summed E-state index contributed by atoms with van der Waals surface area (Å²) in [6.45, 7) is 0.366. The lowest BCUT2D eigenvalue weighted by atomic mass is 9.79. The molecule has 0 bridgehead atoms. The molecular formula is C16H16BNO5. The summed E-state index contributed by atoms with van der Waals surface area (Å²) in [7, 11) is 2.03. The van der Waals surface area contributed by atoms with Gasteiger partial charge in [0.05, 0.1) is 20.8 Å². The highest BCUT2D eigenvalue weighted by molar-refractivity contribution is 6.61. The Hall–Kier alpha value is -2.51. The largest absolute Gasteiger partial charge is 0.496 e. The van der Waals surface area contributed by atoms with Gasteiger partial charge in [-0.2, -0.15) is 0 Å². The maximum Gasteiger partial charge on any atom is 0.491 e. The molecule has 1 aliphatic heterocycles. The van der Waals surface area contributed by atoms with E-state index in [4.69, 9.17) is 14.1 Å². The third kappa shape index (κ3) is 2.88. The molecule has 0 saturated heterocycles. The molecule has 3 rings (SSSR count). The molecule has 23 heavy (non-hydrogen) atoms. The molecule has 0 radical (unpaired) electrons. The first-order valence-electron chi connectivity index (χ1n) is 7.09. The number of ether oxygens (including phenoxy) is 2. The maximum atomic E-state index is 12.6. The molecule has 2 N–H and O–H groups in total. The molecule has 7 heteroatoms. The molecule has 0 unspecified atom stereocenters. The molecule has 2 aromatic carbocycles. The second-order valence-corrected chi connectivity index (χ2v) is 5.07. The number of carbonyl (C=O) groups is 1. The van der Waals surface area contributed by atoms with Gasteiger partial charge in [0.15, 0.2) is 0 Å². The van der Waals surface area contributed by atoms with Crippen LogP contribution in [0.25, 0.3) is 0 Å². The minimum absolute atomic E-state index is 0.315. The monoisotopic (exact) mass is 313 g/mol. The van der Waals surface area contributed by atoms with Crippen LogP contribution < -0.4 is 20.3 Å². The average Bonchev–Trinajstić information content (AvgIpc) is 2.94. The number of hydrogen-bond donors (Lipinski definition) is 2. The molecule has 0 saturated carbocycles. The lowest BCUT2D eigenvalue weighted by Gasteiger charge is -2.13.